The topological polar surface area (TPSA) is 33.2 Å². The molecule has 0 radical (unpaired) electrons. The maximum Gasteiger partial charge on any atom is 0.255 e. The SMILES string of the molecule is C=CCN(CC=C)C(=O)c1c(C)c(-c2ccc(Cl)cc2Cl)nc2ccccc12. The fraction of sp³-hybridized carbons (Fsp3) is 0.130. The molecule has 142 valence electrons. The number of hydrogen-bond donors (Lipinski definition) is 0. The van der Waals surface area contributed by atoms with Crippen LogP contribution in [-0.4, -0.2) is 28.9 Å². The van der Waals surface area contributed by atoms with E-state index in [1.54, 1.807) is 29.2 Å². The van der Waals surface area contributed by atoms with Crippen molar-refractivity contribution in [1.82, 2.24) is 9.88 Å². The van der Waals surface area contributed by atoms with Gasteiger partial charge in [0.1, 0.15) is 0 Å². The van der Waals surface area contributed by atoms with Gasteiger partial charge in [0.2, 0.25) is 0 Å². The average molecular weight is 411 g/mol. The lowest BCUT2D eigenvalue weighted by Gasteiger charge is -2.22. The molecule has 0 spiro atoms. The summed E-state index contributed by atoms with van der Waals surface area (Å²) in [4.78, 5) is 19.9. The van der Waals surface area contributed by atoms with E-state index in [1.165, 1.54) is 0 Å². The summed E-state index contributed by atoms with van der Waals surface area (Å²) in [5, 5.41) is 1.84. The molecule has 0 aliphatic carbocycles. The monoisotopic (exact) mass is 410 g/mol. The average Bonchev–Trinajstić information content (AvgIpc) is 2.67. The Morgan fingerprint density at radius 3 is 2.43 bits per heavy atom. The van der Waals surface area contributed by atoms with Crippen molar-refractivity contribution in [2.45, 2.75) is 6.92 Å². The van der Waals surface area contributed by atoms with Gasteiger partial charge in [-0.1, -0.05) is 53.6 Å². The first-order chi connectivity index (χ1) is 13.5. The summed E-state index contributed by atoms with van der Waals surface area (Å²) < 4.78 is 0. The van der Waals surface area contributed by atoms with Crippen molar-refractivity contribution in [2.24, 2.45) is 0 Å². The molecule has 0 aliphatic heterocycles. The lowest BCUT2D eigenvalue weighted by molar-refractivity contribution is 0.0792. The highest BCUT2D eigenvalue weighted by Gasteiger charge is 2.23. The van der Waals surface area contributed by atoms with Crippen molar-refractivity contribution in [3.05, 3.63) is 88.9 Å². The summed E-state index contributed by atoms with van der Waals surface area (Å²) in [6, 6.07) is 12.9. The highest BCUT2D eigenvalue weighted by Crippen LogP contribution is 2.35. The van der Waals surface area contributed by atoms with E-state index >= 15 is 0 Å². The Hall–Kier alpha value is -2.62. The van der Waals surface area contributed by atoms with E-state index in [0.29, 0.717) is 34.4 Å². The van der Waals surface area contributed by atoms with E-state index in [2.05, 4.69) is 13.2 Å². The molecule has 1 aromatic heterocycles. The Morgan fingerprint density at radius 2 is 1.79 bits per heavy atom. The fourth-order valence-corrected chi connectivity index (χ4v) is 3.73. The zero-order chi connectivity index (χ0) is 20.3. The van der Waals surface area contributed by atoms with Crippen LogP contribution in [0.2, 0.25) is 10.0 Å². The molecule has 28 heavy (non-hydrogen) atoms. The Kier molecular flexibility index (Phi) is 6.18. The van der Waals surface area contributed by atoms with Crippen molar-refractivity contribution < 1.29 is 4.79 Å². The standard InChI is InChI=1S/C23H20Cl2N2O/c1-4-12-27(13-5-2)23(28)21-15(3)22(17-11-10-16(24)14-19(17)25)26-20-9-7-6-8-18(20)21/h4-11,14H,1-2,12-13H2,3H3. The van der Waals surface area contributed by atoms with Gasteiger partial charge in [-0.15, -0.1) is 13.2 Å². The zero-order valence-corrected chi connectivity index (χ0v) is 17.1. The number of halogens is 2. The van der Waals surface area contributed by atoms with Crippen LogP contribution in [0.3, 0.4) is 0 Å². The molecule has 1 heterocycles. The van der Waals surface area contributed by atoms with Gasteiger partial charge in [-0.25, -0.2) is 4.98 Å². The highest BCUT2D eigenvalue weighted by molar-refractivity contribution is 6.36. The maximum absolute atomic E-state index is 13.4. The number of para-hydroxylation sites is 1. The summed E-state index contributed by atoms with van der Waals surface area (Å²) in [5.41, 5.74) is 3.51. The van der Waals surface area contributed by atoms with Crippen LogP contribution >= 0.6 is 23.2 Å². The summed E-state index contributed by atoms with van der Waals surface area (Å²) in [6.45, 7) is 10.3. The Balaban J connectivity index is 2.29. The van der Waals surface area contributed by atoms with E-state index in [1.807, 2.05) is 37.3 Å². The first-order valence-electron chi connectivity index (χ1n) is 8.83. The van der Waals surface area contributed by atoms with Gasteiger partial charge in [-0.2, -0.15) is 0 Å². The number of carbonyl (C=O) groups is 1. The van der Waals surface area contributed by atoms with E-state index < -0.39 is 0 Å². The molecule has 3 nitrogen and oxygen atoms in total. The van der Waals surface area contributed by atoms with Crippen molar-refractivity contribution >= 4 is 40.0 Å². The maximum atomic E-state index is 13.4. The minimum Gasteiger partial charge on any atom is -0.331 e. The molecule has 2 aromatic carbocycles. The number of pyridine rings is 1. The highest BCUT2D eigenvalue weighted by atomic mass is 35.5. The summed E-state index contributed by atoms with van der Waals surface area (Å²) in [6.07, 6.45) is 3.41. The smallest absolute Gasteiger partial charge is 0.255 e. The van der Waals surface area contributed by atoms with Crippen LogP contribution in [0.25, 0.3) is 22.2 Å². The van der Waals surface area contributed by atoms with Crippen LogP contribution in [0, 0.1) is 6.92 Å². The molecule has 3 rings (SSSR count). The number of carbonyl (C=O) groups excluding carboxylic acids is 1. The number of rotatable bonds is 6. The van der Waals surface area contributed by atoms with Crippen LogP contribution in [0.5, 0.6) is 0 Å². The molecule has 0 aliphatic rings. The summed E-state index contributed by atoms with van der Waals surface area (Å²) in [7, 11) is 0. The lowest BCUT2D eigenvalue weighted by Crippen LogP contribution is -2.32. The predicted octanol–water partition coefficient (Wildman–Crippen LogP) is 6.33. The Morgan fingerprint density at radius 1 is 1.11 bits per heavy atom. The van der Waals surface area contributed by atoms with Crippen LogP contribution in [0.1, 0.15) is 15.9 Å². The van der Waals surface area contributed by atoms with Crippen molar-refractivity contribution in [1.29, 1.82) is 0 Å². The second-order valence-electron chi connectivity index (χ2n) is 6.39. The third kappa shape index (κ3) is 3.82. The molecule has 1 amide bonds. The largest absolute Gasteiger partial charge is 0.331 e. The molecule has 0 bridgehead atoms. The van der Waals surface area contributed by atoms with E-state index in [4.69, 9.17) is 28.2 Å². The Labute approximate surface area is 174 Å². The number of nitrogens with zero attached hydrogens (tertiary/aromatic N) is 2. The fourth-order valence-electron chi connectivity index (χ4n) is 3.24. The van der Waals surface area contributed by atoms with Gasteiger partial charge in [0.25, 0.3) is 5.91 Å². The third-order valence-electron chi connectivity index (χ3n) is 4.52. The first-order valence-corrected chi connectivity index (χ1v) is 9.59. The van der Waals surface area contributed by atoms with Crippen molar-refractivity contribution in [2.75, 3.05) is 13.1 Å². The van der Waals surface area contributed by atoms with Gasteiger partial charge in [0.15, 0.2) is 0 Å². The van der Waals surface area contributed by atoms with Crippen LogP contribution in [0.15, 0.2) is 67.8 Å². The lowest BCUT2D eigenvalue weighted by atomic mass is 9.96. The van der Waals surface area contributed by atoms with E-state index in [9.17, 15) is 4.79 Å². The van der Waals surface area contributed by atoms with E-state index in [-0.39, 0.29) is 5.91 Å². The second kappa shape index (κ2) is 8.59. The predicted molar refractivity (Wildman–Crippen MR) is 118 cm³/mol. The number of hydrogen-bond acceptors (Lipinski definition) is 2. The normalized spacial score (nSPS) is 10.7. The van der Waals surface area contributed by atoms with Crippen LogP contribution < -0.4 is 0 Å². The molecular weight excluding hydrogens is 391 g/mol. The number of benzene rings is 2. The van der Waals surface area contributed by atoms with Gasteiger partial charge in [-0.05, 0) is 36.8 Å². The van der Waals surface area contributed by atoms with Gasteiger partial charge < -0.3 is 4.90 Å². The quantitative estimate of drug-likeness (QED) is 0.444. The minimum absolute atomic E-state index is 0.0952. The zero-order valence-electron chi connectivity index (χ0n) is 15.6. The Bertz CT molecular complexity index is 1070. The summed E-state index contributed by atoms with van der Waals surface area (Å²) >= 11 is 12.5. The molecule has 5 heteroatoms. The van der Waals surface area contributed by atoms with Crippen LogP contribution in [-0.2, 0) is 0 Å². The van der Waals surface area contributed by atoms with Gasteiger partial charge in [-0.3, -0.25) is 4.79 Å². The van der Waals surface area contributed by atoms with Gasteiger partial charge in [0.05, 0.1) is 21.8 Å². The minimum atomic E-state index is -0.0952. The number of aromatic nitrogens is 1. The molecule has 0 saturated carbocycles. The first kappa shape index (κ1) is 20.1. The molecule has 0 fully saturated rings. The van der Waals surface area contributed by atoms with Gasteiger partial charge in [0, 0.05) is 29.1 Å². The van der Waals surface area contributed by atoms with Crippen LogP contribution in [0.4, 0.5) is 0 Å². The van der Waals surface area contributed by atoms with Crippen molar-refractivity contribution in [3.8, 4) is 11.3 Å². The van der Waals surface area contributed by atoms with Crippen molar-refractivity contribution in [3.63, 3.8) is 0 Å². The molecule has 0 saturated heterocycles. The third-order valence-corrected chi connectivity index (χ3v) is 5.07. The number of amides is 1. The summed E-state index contributed by atoms with van der Waals surface area (Å²) in [5.74, 6) is -0.0952. The number of fused-ring (bicyclic) bond motifs is 1. The van der Waals surface area contributed by atoms with E-state index in [0.717, 1.165) is 22.0 Å². The second-order valence-corrected chi connectivity index (χ2v) is 7.23. The molecule has 0 unspecified atom stereocenters. The van der Waals surface area contributed by atoms with Gasteiger partial charge >= 0.3 is 0 Å². The molecule has 3 aromatic rings. The molecule has 0 N–H and O–H groups in total. The molecule has 0 atom stereocenters. The molecular formula is C23H20Cl2N2O.